The van der Waals surface area contributed by atoms with Crippen LogP contribution in [0.3, 0.4) is 0 Å². The Morgan fingerprint density at radius 2 is 1.83 bits per heavy atom. The van der Waals surface area contributed by atoms with Crippen molar-refractivity contribution in [1.29, 1.82) is 0 Å². The summed E-state index contributed by atoms with van der Waals surface area (Å²) >= 11 is 0. The van der Waals surface area contributed by atoms with Gasteiger partial charge in [0.2, 0.25) is 0 Å². The quantitative estimate of drug-likeness (QED) is 0.318. The van der Waals surface area contributed by atoms with Crippen LogP contribution in [-0.2, 0) is 20.7 Å². The largest absolute Gasteiger partial charge is 0.426 e. The van der Waals surface area contributed by atoms with Crippen molar-refractivity contribution >= 4 is 12.0 Å². The van der Waals surface area contributed by atoms with Crippen molar-refractivity contribution in [2.24, 2.45) is 10.8 Å². The molecule has 1 aromatic carbocycles. The molecule has 1 aliphatic heterocycles. The number of rotatable bonds is 4. The van der Waals surface area contributed by atoms with Crippen molar-refractivity contribution in [2.75, 3.05) is 0 Å². The van der Waals surface area contributed by atoms with Crippen LogP contribution in [-0.4, -0.2) is 33.7 Å². The highest BCUT2D eigenvalue weighted by atomic mass is 16.8. The number of carbonyl (C=O) groups excluding carboxylic acids is 1. The molecule has 3 aliphatic rings. The number of fused-ring (bicyclic) bond motifs is 3. The molecule has 2 fully saturated rings. The van der Waals surface area contributed by atoms with Crippen molar-refractivity contribution in [2.45, 2.75) is 71.4 Å². The first kappa shape index (κ1) is 23.8. The van der Waals surface area contributed by atoms with Crippen LogP contribution < -0.4 is 4.74 Å². The zero-order chi connectivity index (χ0) is 25.0. The maximum Gasteiger partial charge on any atom is 0.316 e. The summed E-state index contributed by atoms with van der Waals surface area (Å²) in [5.74, 6) is -0.433. The lowest BCUT2D eigenvalue weighted by Gasteiger charge is -2.51. The number of hydrogen-bond donors (Lipinski definition) is 0. The zero-order valence-electron chi connectivity index (χ0n) is 21.0. The van der Waals surface area contributed by atoms with E-state index in [-0.39, 0.29) is 23.6 Å². The van der Waals surface area contributed by atoms with E-state index < -0.39 is 11.2 Å². The summed E-state index contributed by atoms with van der Waals surface area (Å²) in [5.41, 5.74) is 3.62. The molecule has 2 aliphatic carbocycles. The first-order valence-corrected chi connectivity index (χ1v) is 12.3. The van der Waals surface area contributed by atoms with E-state index in [2.05, 4.69) is 26.2 Å². The number of esters is 1. The molecule has 1 saturated heterocycles. The summed E-state index contributed by atoms with van der Waals surface area (Å²) in [6.45, 7) is 15.7. The standard InChI is InChI=1S/C29H34N2O4/c1-7-24-25(8-2)35-29(34-24)15-9-10-20-16-23-19(17-28(20,29)6)18-30-31(23)21-11-13-22(14-12-21)33-26(32)27(3,4)5/h7-8,11-14,16,18,24-25H,1-2,9-10,15,17H2,3-6H3/t24-,25-,28+/m1/s1. The average Bonchev–Trinajstić information content (AvgIpc) is 3.40. The lowest BCUT2D eigenvalue weighted by molar-refractivity contribution is -0.243. The number of aromatic nitrogens is 2. The lowest BCUT2D eigenvalue weighted by atomic mass is 9.62. The predicted molar refractivity (Wildman–Crippen MR) is 135 cm³/mol. The molecule has 35 heavy (non-hydrogen) atoms. The highest BCUT2D eigenvalue weighted by Gasteiger charge is 2.61. The van der Waals surface area contributed by atoms with Crippen LogP contribution >= 0.6 is 0 Å². The molecule has 2 heterocycles. The molecule has 0 radical (unpaired) electrons. The molecule has 1 spiro atoms. The number of nitrogens with zero attached hydrogens (tertiary/aromatic N) is 2. The minimum absolute atomic E-state index is 0.196. The van der Waals surface area contributed by atoms with Crippen molar-refractivity contribution in [3.8, 4) is 11.4 Å². The van der Waals surface area contributed by atoms with Gasteiger partial charge in [-0.15, -0.1) is 13.2 Å². The SMILES string of the molecule is C=C[C@H]1OC2(CCCC3=Cc4c(cnn4-c4ccc(OC(=O)C(C)(C)C)cc4)C[C@@]32C)O[C@@H]1C=C. The third-order valence-electron chi connectivity index (χ3n) is 7.59. The highest BCUT2D eigenvalue weighted by Crippen LogP contribution is 2.58. The Bertz CT molecular complexity index is 1180. The third-order valence-corrected chi connectivity index (χ3v) is 7.59. The van der Waals surface area contributed by atoms with Crippen LogP contribution in [0.15, 0.2) is 61.3 Å². The summed E-state index contributed by atoms with van der Waals surface area (Å²) in [4.78, 5) is 12.2. The first-order chi connectivity index (χ1) is 16.6. The first-order valence-electron chi connectivity index (χ1n) is 12.3. The van der Waals surface area contributed by atoms with E-state index in [1.807, 2.05) is 68.1 Å². The van der Waals surface area contributed by atoms with E-state index in [1.165, 1.54) is 5.57 Å². The fraction of sp³-hybridized carbons (Fsp3) is 0.448. The minimum atomic E-state index is -0.701. The Morgan fingerprint density at radius 1 is 1.17 bits per heavy atom. The van der Waals surface area contributed by atoms with Gasteiger partial charge in [0.1, 0.15) is 18.0 Å². The molecule has 6 nitrogen and oxygen atoms in total. The van der Waals surface area contributed by atoms with E-state index in [9.17, 15) is 4.79 Å². The van der Waals surface area contributed by atoms with Crippen molar-refractivity contribution < 1.29 is 19.0 Å². The smallest absolute Gasteiger partial charge is 0.316 e. The molecule has 0 bridgehead atoms. The molecular formula is C29H34N2O4. The van der Waals surface area contributed by atoms with Crippen molar-refractivity contribution in [1.82, 2.24) is 9.78 Å². The Labute approximate surface area is 207 Å². The van der Waals surface area contributed by atoms with Crippen LogP contribution in [0.2, 0.25) is 0 Å². The summed E-state index contributed by atoms with van der Waals surface area (Å²) in [5, 5.41) is 4.71. The molecule has 5 rings (SSSR count). The summed E-state index contributed by atoms with van der Waals surface area (Å²) in [6, 6.07) is 7.49. The second-order valence-electron chi connectivity index (χ2n) is 11.0. The molecule has 0 amide bonds. The van der Waals surface area contributed by atoms with E-state index in [1.54, 1.807) is 0 Å². The molecule has 1 aromatic heterocycles. The normalized spacial score (nSPS) is 27.0. The number of carbonyl (C=O) groups is 1. The zero-order valence-corrected chi connectivity index (χ0v) is 21.0. The van der Waals surface area contributed by atoms with Crippen LogP contribution in [0.4, 0.5) is 0 Å². The Kier molecular flexibility index (Phi) is 5.65. The number of hydrogen-bond acceptors (Lipinski definition) is 5. The average molecular weight is 475 g/mol. The van der Waals surface area contributed by atoms with Crippen molar-refractivity contribution in [3.05, 3.63) is 72.6 Å². The van der Waals surface area contributed by atoms with Gasteiger partial charge in [0.15, 0.2) is 5.79 Å². The van der Waals surface area contributed by atoms with Gasteiger partial charge in [0.25, 0.3) is 0 Å². The predicted octanol–water partition coefficient (Wildman–Crippen LogP) is 5.81. The third kappa shape index (κ3) is 3.80. The molecular weight excluding hydrogens is 440 g/mol. The summed E-state index contributed by atoms with van der Waals surface area (Å²) in [6.07, 6.45) is 11.1. The fourth-order valence-electron chi connectivity index (χ4n) is 5.48. The Hall–Kier alpha value is -2.96. The maximum absolute atomic E-state index is 12.2. The topological polar surface area (TPSA) is 62.6 Å². The van der Waals surface area contributed by atoms with Crippen LogP contribution in [0.1, 0.15) is 58.2 Å². The van der Waals surface area contributed by atoms with Gasteiger partial charge in [0, 0.05) is 11.8 Å². The van der Waals surface area contributed by atoms with Gasteiger partial charge in [-0.1, -0.05) is 24.6 Å². The summed E-state index contributed by atoms with van der Waals surface area (Å²) < 4.78 is 20.6. The number of benzene rings is 1. The van der Waals surface area contributed by atoms with Crippen LogP contribution in [0.5, 0.6) is 5.75 Å². The van der Waals surface area contributed by atoms with Gasteiger partial charge >= 0.3 is 5.97 Å². The Morgan fingerprint density at radius 3 is 2.43 bits per heavy atom. The maximum atomic E-state index is 12.2. The van der Waals surface area contributed by atoms with Crippen molar-refractivity contribution in [3.63, 3.8) is 0 Å². The van der Waals surface area contributed by atoms with Gasteiger partial charge in [-0.25, -0.2) is 4.68 Å². The molecule has 3 atom stereocenters. The summed E-state index contributed by atoms with van der Waals surface area (Å²) in [7, 11) is 0. The highest BCUT2D eigenvalue weighted by molar-refractivity contribution is 5.77. The van der Waals surface area contributed by atoms with Crippen LogP contribution in [0, 0.1) is 10.8 Å². The molecule has 184 valence electrons. The molecule has 2 aromatic rings. The van der Waals surface area contributed by atoms with Gasteiger partial charge in [-0.05, 0) is 75.9 Å². The fourth-order valence-corrected chi connectivity index (χ4v) is 5.48. The molecule has 1 saturated carbocycles. The second kappa shape index (κ2) is 8.32. The number of ether oxygens (including phenoxy) is 3. The second-order valence-corrected chi connectivity index (χ2v) is 11.0. The monoisotopic (exact) mass is 474 g/mol. The molecule has 0 unspecified atom stereocenters. The van der Waals surface area contributed by atoms with Gasteiger partial charge in [-0.2, -0.15) is 5.10 Å². The van der Waals surface area contributed by atoms with Crippen LogP contribution in [0.25, 0.3) is 11.8 Å². The lowest BCUT2D eigenvalue weighted by Crippen LogP contribution is -2.53. The minimum Gasteiger partial charge on any atom is -0.426 e. The van der Waals surface area contributed by atoms with E-state index in [0.717, 1.165) is 42.6 Å². The van der Waals surface area contributed by atoms with Gasteiger partial charge in [0.05, 0.1) is 23.0 Å². The molecule has 6 heteroatoms. The van der Waals surface area contributed by atoms with Gasteiger partial charge < -0.3 is 14.2 Å². The van der Waals surface area contributed by atoms with Gasteiger partial charge in [-0.3, -0.25) is 4.79 Å². The Balaban J connectivity index is 1.45. The van der Waals surface area contributed by atoms with E-state index in [4.69, 9.17) is 19.3 Å². The van der Waals surface area contributed by atoms with E-state index >= 15 is 0 Å². The molecule has 0 N–H and O–H groups in total. The van der Waals surface area contributed by atoms with E-state index in [0.29, 0.717) is 5.75 Å².